The van der Waals surface area contributed by atoms with Crippen molar-refractivity contribution in [2.75, 3.05) is 5.32 Å². The van der Waals surface area contributed by atoms with Gasteiger partial charge in [0, 0.05) is 5.69 Å². The summed E-state index contributed by atoms with van der Waals surface area (Å²) in [5.74, 6) is -3.97. The molecule has 5 nitrogen and oxygen atoms in total. The van der Waals surface area contributed by atoms with E-state index in [-0.39, 0.29) is 0 Å². The molecule has 2 N–H and O–H groups in total. The molecule has 1 aromatic rings. The standard InChI is InChI=1S/C10H8N2O3/c11-6-8(10(14)15)9(13)12-7-4-2-1-3-5-7/h1-5,8H,(H,12,13)(H,14,15). The lowest BCUT2D eigenvalue weighted by atomic mass is 10.1. The average Bonchev–Trinajstić information content (AvgIpc) is 2.19. The number of aliphatic carboxylic acids is 1. The topological polar surface area (TPSA) is 90.2 Å². The van der Waals surface area contributed by atoms with Crippen LogP contribution in [0.3, 0.4) is 0 Å². The van der Waals surface area contributed by atoms with Gasteiger partial charge in [0.1, 0.15) is 0 Å². The van der Waals surface area contributed by atoms with Gasteiger partial charge in [0.2, 0.25) is 5.92 Å². The van der Waals surface area contributed by atoms with E-state index in [9.17, 15) is 9.59 Å². The number of amides is 1. The van der Waals surface area contributed by atoms with Crippen LogP contribution in [0.25, 0.3) is 0 Å². The van der Waals surface area contributed by atoms with Gasteiger partial charge in [0.25, 0.3) is 5.91 Å². The zero-order valence-electron chi connectivity index (χ0n) is 7.68. The van der Waals surface area contributed by atoms with Gasteiger partial charge in [0.05, 0.1) is 6.07 Å². The Bertz CT molecular complexity index is 408. The second kappa shape index (κ2) is 4.77. The van der Waals surface area contributed by atoms with E-state index in [1.165, 1.54) is 6.07 Å². The number of carboxylic acid groups (broad SMARTS) is 1. The highest BCUT2D eigenvalue weighted by Gasteiger charge is 2.25. The lowest BCUT2D eigenvalue weighted by Crippen LogP contribution is -2.28. The van der Waals surface area contributed by atoms with Crippen molar-refractivity contribution in [3.8, 4) is 6.07 Å². The van der Waals surface area contributed by atoms with E-state index < -0.39 is 17.8 Å². The van der Waals surface area contributed by atoms with Crippen molar-refractivity contribution in [3.63, 3.8) is 0 Å². The minimum absolute atomic E-state index is 0.462. The van der Waals surface area contributed by atoms with Gasteiger partial charge >= 0.3 is 5.97 Å². The molecule has 0 bridgehead atoms. The third-order valence-electron chi connectivity index (χ3n) is 1.68. The summed E-state index contributed by atoms with van der Waals surface area (Å²) >= 11 is 0. The number of carbonyl (C=O) groups is 2. The lowest BCUT2D eigenvalue weighted by molar-refractivity contribution is -0.143. The SMILES string of the molecule is N#CC(C(=O)O)C(=O)Nc1ccccc1. The van der Waals surface area contributed by atoms with Crippen molar-refractivity contribution in [2.45, 2.75) is 0 Å². The number of hydrogen-bond acceptors (Lipinski definition) is 3. The number of nitriles is 1. The number of hydrogen-bond donors (Lipinski definition) is 2. The Hall–Kier alpha value is -2.35. The first-order chi connectivity index (χ1) is 7.15. The van der Waals surface area contributed by atoms with Crippen LogP contribution < -0.4 is 5.32 Å². The molecule has 1 amide bonds. The summed E-state index contributed by atoms with van der Waals surface area (Å²) < 4.78 is 0. The van der Waals surface area contributed by atoms with Gasteiger partial charge in [0.15, 0.2) is 0 Å². The van der Waals surface area contributed by atoms with Crippen LogP contribution in [0.5, 0.6) is 0 Å². The molecular formula is C10H8N2O3. The van der Waals surface area contributed by atoms with Gasteiger partial charge in [-0.3, -0.25) is 9.59 Å². The van der Waals surface area contributed by atoms with Crippen LogP contribution in [0.2, 0.25) is 0 Å². The van der Waals surface area contributed by atoms with Crippen molar-refractivity contribution < 1.29 is 14.7 Å². The Balaban J connectivity index is 2.72. The van der Waals surface area contributed by atoms with Crippen LogP contribution in [0, 0.1) is 17.2 Å². The average molecular weight is 204 g/mol. The van der Waals surface area contributed by atoms with Crippen molar-refractivity contribution in [2.24, 2.45) is 5.92 Å². The van der Waals surface area contributed by atoms with Crippen molar-refractivity contribution in [3.05, 3.63) is 30.3 Å². The Kier molecular flexibility index (Phi) is 3.41. The monoisotopic (exact) mass is 204 g/mol. The first-order valence-corrected chi connectivity index (χ1v) is 4.13. The fraction of sp³-hybridized carbons (Fsp3) is 0.100. The van der Waals surface area contributed by atoms with E-state index in [1.807, 2.05) is 0 Å². The Morgan fingerprint density at radius 1 is 1.33 bits per heavy atom. The van der Waals surface area contributed by atoms with Crippen LogP contribution in [0.1, 0.15) is 0 Å². The van der Waals surface area contributed by atoms with Gasteiger partial charge in [-0.25, -0.2) is 0 Å². The van der Waals surface area contributed by atoms with E-state index in [2.05, 4.69) is 5.32 Å². The van der Waals surface area contributed by atoms with Crippen LogP contribution in [0.4, 0.5) is 5.69 Å². The normalized spacial score (nSPS) is 11.1. The number of nitrogens with one attached hydrogen (secondary N) is 1. The molecule has 5 heteroatoms. The summed E-state index contributed by atoms with van der Waals surface area (Å²) in [5.41, 5.74) is 0.462. The molecule has 0 aromatic heterocycles. The predicted octanol–water partition coefficient (Wildman–Crippen LogP) is 0.849. The number of carbonyl (C=O) groups excluding carboxylic acids is 1. The van der Waals surface area contributed by atoms with Crippen LogP contribution in [-0.4, -0.2) is 17.0 Å². The second-order valence-corrected chi connectivity index (χ2v) is 2.76. The molecule has 1 aromatic carbocycles. The van der Waals surface area contributed by atoms with E-state index in [0.717, 1.165) is 0 Å². The quantitative estimate of drug-likeness (QED) is 0.714. The molecule has 0 saturated carbocycles. The molecule has 0 aliphatic heterocycles. The summed E-state index contributed by atoms with van der Waals surface area (Å²) in [4.78, 5) is 21.7. The number of anilines is 1. The molecule has 1 atom stereocenters. The molecule has 0 heterocycles. The Morgan fingerprint density at radius 2 is 1.93 bits per heavy atom. The molecule has 0 radical (unpaired) electrons. The maximum atomic E-state index is 11.3. The second-order valence-electron chi connectivity index (χ2n) is 2.76. The Labute approximate surface area is 86.0 Å². The summed E-state index contributed by atoms with van der Waals surface area (Å²) in [6.07, 6.45) is 0. The molecule has 1 unspecified atom stereocenters. The molecule has 1 rings (SSSR count). The number of carboxylic acids is 1. The van der Waals surface area contributed by atoms with Gasteiger partial charge in [-0.05, 0) is 12.1 Å². The smallest absolute Gasteiger partial charge is 0.330 e. The van der Waals surface area contributed by atoms with E-state index >= 15 is 0 Å². The van der Waals surface area contributed by atoms with Crippen molar-refractivity contribution in [1.29, 1.82) is 5.26 Å². The molecule has 0 fully saturated rings. The molecule has 0 aliphatic carbocycles. The first-order valence-electron chi connectivity index (χ1n) is 4.13. The zero-order valence-corrected chi connectivity index (χ0v) is 7.68. The van der Waals surface area contributed by atoms with E-state index in [1.54, 1.807) is 30.3 Å². The number of nitrogens with zero attached hydrogens (tertiary/aromatic N) is 1. The lowest BCUT2D eigenvalue weighted by Gasteiger charge is -2.05. The molecule has 0 aliphatic rings. The van der Waals surface area contributed by atoms with Gasteiger partial charge < -0.3 is 10.4 Å². The maximum absolute atomic E-state index is 11.3. The summed E-state index contributed by atoms with van der Waals surface area (Å²) in [6.45, 7) is 0. The van der Waals surface area contributed by atoms with Crippen LogP contribution in [0.15, 0.2) is 30.3 Å². The summed E-state index contributed by atoms with van der Waals surface area (Å²) in [6, 6.07) is 9.76. The van der Waals surface area contributed by atoms with Crippen LogP contribution in [-0.2, 0) is 9.59 Å². The van der Waals surface area contributed by atoms with Crippen molar-refractivity contribution >= 4 is 17.6 Å². The molecule has 0 spiro atoms. The largest absolute Gasteiger partial charge is 0.480 e. The number of para-hydroxylation sites is 1. The number of benzene rings is 1. The summed E-state index contributed by atoms with van der Waals surface area (Å²) in [7, 11) is 0. The predicted molar refractivity (Wildman–Crippen MR) is 51.8 cm³/mol. The molecule has 76 valence electrons. The highest BCUT2D eigenvalue weighted by atomic mass is 16.4. The third kappa shape index (κ3) is 2.81. The van der Waals surface area contributed by atoms with Gasteiger partial charge in [-0.2, -0.15) is 5.26 Å². The van der Waals surface area contributed by atoms with E-state index in [4.69, 9.17) is 10.4 Å². The van der Waals surface area contributed by atoms with Gasteiger partial charge in [-0.1, -0.05) is 18.2 Å². The minimum atomic E-state index is -1.68. The highest BCUT2D eigenvalue weighted by molar-refractivity contribution is 6.06. The minimum Gasteiger partial charge on any atom is -0.480 e. The van der Waals surface area contributed by atoms with Gasteiger partial charge in [-0.15, -0.1) is 0 Å². The maximum Gasteiger partial charge on any atom is 0.330 e. The fourth-order valence-corrected chi connectivity index (χ4v) is 0.962. The fourth-order valence-electron chi connectivity index (χ4n) is 0.962. The molecule has 0 saturated heterocycles. The Morgan fingerprint density at radius 3 is 2.40 bits per heavy atom. The molecule has 15 heavy (non-hydrogen) atoms. The van der Waals surface area contributed by atoms with E-state index in [0.29, 0.717) is 5.69 Å². The summed E-state index contributed by atoms with van der Waals surface area (Å²) in [5, 5.41) is 19.3. The third-order valence-corrected chi connectivity index (χ3v) is 1.68. The molecular weight excluding hydrogens is 196 g/mol. The van der Waals surface area contributed by atoms with Crippen LogP contribution >= 0.6 is 0 Å². The zero-order chi connectivity index (χ0) is 11.3. The number of rotatable bonds is 3. The highest BCUT2D eigenvalue weighted by Crippen LogP contribution is 2.07. The van der Waals surface area contributed by atoms with Crippen molar-refractivity contribution in [1.82, 2.24) is 0 Å². The first kappa shape index (κ1) is 10.7.